The third-order valence-electron chi connectivity index (χ3n) is 7.11. The zero-order valence-corrected chi connectivity index (χ0v) is 29.9. The van der Waals surface area contributed by atoms with Gasteiger partial charge in [0.1, 0.15) is 36.3 Å². The van der Waals surface area contributed by atoms with Crippen molar-refractivity contribution < 1.29 is 84.9 Å². The molecule has 3 amide bonds. The number of ether oxygens (including phenoxy) is 1. The number of nitrogen functional groups attached to an aromatic ring is 1. The predicted octanol–water partition coefficient (Wildman–Crippen LogP) is -2.38. The van der Waals surface area contributed by atoms with Gasteiger partial charge in [0.15, 0.2) is 23.9 Å². The molecule has 1 fully saturated rings. The molecule has 12 N–H and O–H groups in total. The molecule has 8 atom stereocenters. The minimum absolute atomic E-state index is 0.0177. The summed E-state index contributed by atoms with van der Waals surface area (Å²) in [5, 5.41) is 25.8. The van der Waals surface area contributed by atoms with Gasteiger partial charge < -0.3 is 56.6 Å². The number of imidazole rings is 1. The molecular weight excluding hydrogens is 772 g/mol. The average molecular weight is 811 g/mol. The summed E-state index contributed by atoms with van der Waals surface area (Å²) in [6, 6.07) is 0. The van der Waals surface area contributed by atoms with E-state index in [1.165, 1.54) is 13.8 Å². The average Bonchev–Trinajstić information content (AvgIpc) is 3.58. The number of carbonyl (C=O) groups is 3. The highest BCUT2D eigenvalue weighted by atomic mass is 31.3. The second-order valence-corrected chi connectivity index (χ2v) is 16.0. The minimum atomic E-state index is -5.59. The number of nitrogens with zero attached hydrogens (tertiary/aromatic N) is 4. The van der Waals surface area contributed by atoms with Crippen LogP contribution in [-0.2, 0) is 50.7 Å². The van der Waals surface area contributed by atoms with Gasteiger partial charge in [0.2, 0.25) is 11.8 Å². The maximum atomic E-state index is 13.2. The number of halogens is 1. The normalized spacial score (nSPS) is 23.0. The summed E-state index contributed by atoms with van der Waals surface area (Å²) in [5.41, 5.74) is 8.95. The number of aliphatic hydroxyl groups is 2. The smallest absolute Gasteiger partial charge is 0.386 e. The Kier molecular flexibility index (Phi) is 14.5. The van der Waals surface area contributed by atoms with Crippen molar-refractivity contribution in [2.45, 2.75) is 63.5 Å². The molecule has 294 valence electrons. The molecule has 1 saturated heterocycles. The van der Waals surface area contributed by atoms with E-state index >= 15 is 0 Å². The summed E-state index contributed by atoms with van der Waals surface area (Å²) in [6.07, 6.45) is -9.50. The number of hydrogen-bond acceptors (Lipinski definition) is 17. The molecule has 0 spiro atoms. The molecule has 1 aliphatic heterocycles. The number of fused-ring (bicyclic) bond motifs is 1. The molecule has 2 unspecified atom stereocenters. The molecular formula is C23H38FN8O17P3. The summed E-state index contributed by atoms with van der Waals surface area (Å²) in [6.45, 7) is -0.180. The number of primary amides is 1. The first-order valence-electron chi connectivity index (χ1n) is 14.8. The van der Waals surface area contributed by atoms with E-state index in [1.54, 1.807) is 0 Å². The Bertz CT molecular complexity index is 1750. The molecule has 29 heteroatoms. The van der Waals surface area contributed by atoms with Gasteiger partial charge in [-0.3, -0.25) is 32.5 Å². The minimum Gasteiger partial charge on any atom is -0.386 e. The van der Waals surface area contributed by atoms with Crippen molar-refractivity contribution in [3.05, 3.63) is 12.7 Å². The second kappa shape index (κ2) is 17.4. The van der Waals surface area contributed by atoms with Gasteiger partial charge in [0.05, 0.1) is 19.5 Å². The number of aliphatic hydroxyl groups excluding tert-OH is 2. The summed E-state index contributed by atoms with van der Waals surface area (Å²) >= 11 is 0. The van der Waals surface area contributed by atoms with Gasteiger partial charge in [0, 0.05) is 31.3 Å². The van der Waals surface area contributed by atoms with Crippen LogP contribution in [0.4, 0.5) is 10.2 Å². The highest BCUT2D eigenvalue weighted by molar-refractivity contribution is 7.61. The number of amides is 3. The first kappa shape index (κ1) is 43.3. The first-order valence-corrected chi connectivity index (χ1v) is 19.3. The van der Waals surface area contributed by atoms with Crippen LogP contribution in [0, 0.1) is 5.41 Å². The van der Waals surface area contributed by atoms with E-state index < -0.39 is 96.6 Å². The van der Waals surface area contributed by atoms with Gasteiger partial charge >= 0.3 is 23.5 Å². The van der Waals surface area contributed by atoms with E-state index in [2.05, 4.69) is 34.4 Å². The van der Waals surface area contributed by atoms with Crippen LogP contribution in [-0.4, -0.2) is 124 Å². The van der Waals surface area contributed by atoms with Crippen LogP contribution in [0.2, 0.25) is 0 Å². The molecule has 3 rings (SSSR count). The van der Waals surface area contributed by atoms with Gasteiger partial charge in [-0.2, -0.15) is 4.31 Å². The van der Waals surface area contributed by atoms with E-state index in [-0.39, 0.29) is 42.9 Å². The standard InChI is InChI=1S/C23H38FN8O17P3/c1-23(2,17(35)21(37)28-6-4-13(33)27-5-3-11(24)19(26)36)8-46-52(43,44)49-51(41,42)45-7-12-16(48-50(38,39)40)15(34)22(47-12)32-10-31-14-18(25)29-9-30-20(14)32/h9-12,15-17,22,34-35H,3-8H2,1-2H3,(H2,26,36)(H,27,33)(H,28,37)(H,41,42)(H,43,44)(H2,25,29,30)(H2,38,39,40)/t11-,12-,15-,16-,17+,22-/m1/s1. The summed E-state index contributed by atoms with van der Waals surface area (Å²) in [4.78, 5) is 85.6. The number of rotatable bonds is 20. The molecule has 2 aromatic rings. The molecule has 1 aliphatic rings. The van der Waals surface area contributed by atoms with Gasteiger partial charge in [-0.1, -0.05) is 13.8 Å². The van der Waals surface area contributed by atoms with Crippen molar-refractivity contribution in [1.82, 2.24) is 30.2 Å². The second-order valence-electron chi connectivity index (χ2n) is 11.7. The molecule has 0 radical (unpaired) electrons. The van der Waals surface area contributed by atoms with Crippen molar-refractivity contribution >= 4 is 58.2 Å². The lowest BCUT2D eigenvalue weighted by Gasteiger charge is -2.30. The van der Waals surface area contributed by atoms with E-state index in [9.17, 15) is 62.3 Å². The van der Waals surface area contributed by atoms with Gasteiger partial charge in [-0.05, 0) is 0 Å². The highest BCUT2D eigenvalue weighted by Crippen LogP contribution is 2.61. The van der Waals surface area contributed by atoms with Crippen molar-refractivity contribution in [2.75, 3.05) is 32.0 Å². The molecule has 0 bridgehead atoms. The van der Waals surface area contributed by atoms with Crippen molar-refractivity contribution in [3.8, 4) is 0 Å². The maximum absolute atomic E-state index is 13.2. The van der Waals surface area contributed by atoms with Crippen molar-refractivity contribution in [1.29, 1.82) is 0 Å². The Morgan fingerprint density at radius 1 is 1.08 bits per heavy atom. The molecule has 25 nitrogen and oxygen atoms in total. The zero-order chi connectivity index (χ0) is 39.2. The molecule has 2 aromatic heterocycles. The van der Waals surface area contributed by atoms with Crippen LogP contribution < -0.4 is 22.1 Å². The number of aromatic nitrogens is 4. The lowest BCUT2D eigenvalue weighted by molar-refractivity contribution is -0.137. The van der Waals surface area contributed by atoms with Crippen LogP contribution in [0.5, 0.6) is 0 Å². The number of anilines is 1. The molecule has 52 heavy (non-hydrogen) atoms. The Labute approximate surface area is 292 Å². The molecule has 0 aromatic carbocycles. The predicted molar refractivity (Wildman–Crippen MR) is 168 cm³/mol. The first-order chi connectivity index (χ1) is 23.9. The van der Waals surface area contributed by atoms with Gasteiger partial charge in [-0.25, -0.2) is 33.0 Å². The van der Waals surface area contributed by atoms with Crippen LogP contribution in [0.15, 0.2) is 12.7 Å². The third kappa shape index (κ3) is 12.2. The number of nitrogens with one attached hydrogen (secondary N) is 2. The van der Waals surface area contributed by atoms with Crippen LogP contribution >= 0.6 is 23.5 Å². The lowest BCUT2D eigenvalue weighted by Crippen LogP contribution is -2.46. The fourth-order valence-electron chi connectivity index (χ4n) is 4.42. The molecule has 0 aliphatic carbocycles. The number of phosphoric acid groups is 3. The van der Waals surface area contributed by atoms with E-state index in [0.717, 1.165) is 17.2 Å². The number of alkyl halides is 1. The monoisotopic (exact) mass is 810 g/mol. The lowest BCUT2D eigenvalue weighted by atomic mass is 9.87. The van der Waals surface area contributed by atoms with Crippen molar-refractivity contribution in [2.24, 2.45) is 11.1 Å². The number of nitrogens with two attached hydrogens (primary N) is 2. The van der Waals surface area contributed by atoms with Crippen molar-refractivity contribution in [3.63, 3.8) is 0 Å². The number of phosphoric ester groups is 3. The Hall–Kier alpha value is -3.06. The Morgan fingerprint density at radius 2 is 1.73 bits per heavy atom. The van der Waals surface area contributed by atoms with Gasteiger partial charge in [-0.15, -0.1) is 0 Å². The van der Waals surface area contributed by atoms with Gasteiger partial charge in [0.25, 0.3) is 5.91 Å². The van der Waals surface area contributed by atoms with Crippen LogP contribution in [0.25, 0.3) is 11.2 Å². The fourth-order valence-corrected chi connectivity index (χ4v) is 7.25. The molecule has 3 heterocycles. The zero-order valence-electron chi connectivity index (χ0n) is 27.2. The summed E-state index contributed by atoms with van der Waals surface area (Å²) in [7, 11) is -16.4. The fraction of sp³-hybridized carbons (Fsp3) is 0.652. The summed E-state index contributed by atoms with van der Waals surface area (Å²) in [5.74, 6) is -2.92. The Morgan fingerprint density at radius 3 is 2.37 bits per heavy atom. The third-order valence-corrected chi connectivity index (χ3v) is 10.2. The molecule has 0 saturated carbocycles. The topological polar surface area (TPSA) is 390 Å². The highest BCUT2D eigenvalue weighted by Gasteiger charge is 2.50. The van der Waals surface area contributed by atoms with E-state index in [0.29, 0.717) is 0 Å². The van der Waals surface area contributed by atoms with E-state index in [1.807, 2.05) is 0 Å². The largest absolute Gasteiger partial charge is 0.481 e. The van der Waals surface area contributed by atoms with E-state index in [4.69, 9.17) is 25.3 Å². The van der Waals surface area contributed by atoms with Crippen LogP contribution in [0.3, 0.4) is 0 Å². The van der Waals surface area contributed by atoms with Crippen LogP contribution in [0.1, 0.15) is 32.9 Å². The SMILES string of the molecule is CC(C)(COP(=O)(O)OP(=O)(O)OC[C@H]1O[C@@H](n2cnc3c(N)ncnc32)[C@H](O)[C@@H]1OP(=O)(O)O)[C@@H](O)C(=O)NCCC(=O)NCC[C@@H](F)C(N)=O. The summed E-state index contributed by atoms with van der Waals surface area (Å²) < 4.78 is 74.9. The number of carbonyl (C=O) groups excluding carboxylic acids is 3. The quantitative estimate of drug-likeness (QED) is 0.0624. The number of hydrogen-bond donors (Lipinski definition) is 10. The Balaban J connectivity index is 1.55. The maximum Gasteiger partial charge on any atom is 0.481 e.